The van der Waals surface area contributed by atoms with Crippen molar-refractivity contribution >= 4 is 11.6 Å². The molecule has 0 bridgehead atoms. The Morgan fingerprint density at radius 3 is 2.79 bits per heavy atom. The Hall–Kier alpha value is -2.54. The average Bonchev–Trinajstić information content (AvgIpc) is 3.19. The first-order valence-electron chi connectivity index (χ1n) is 9.94. The van der Waals surface area contributed by atoms with Crippen molar-refractivity contribution in [2.45, 2.75) is 18.8 Å². The number of aryl methyl sites for hydroxylation is 1. The van der Waals surface area contributed by atoms with Gasteiger partial charge in [-0.15, -0.1) is 0 Å². The summed E-state index contributed by atoms with van der Waals surface area (Å²) in [5.41, 5.74) is 1.68. The van der Waals surface area contributed by atoms with Crippen LogP contribution in [-0.4, -0.2) is 66.9 Å². The van der Waals surface area contributed by atoms with Gasteiger partial charge in [0, 0.05) is 57.1 Å². The van der Waals surface area contributed by atoms with E-state index in [2.05, 4.69) is 14.5 Å². The number of morpholine rings is 1. The molecule has 28 heavy (non-hydrogen) atoms. The molecule has 0 saturated carbocycles. The molecule has 1 unspecified atom stereocenters. The molecule has 2 aliphatic heterocycles. The molecule has 2 fully saturated rings. The van der Waals surface area contributed by atoms with Crippen LogP contribution in [0.2, 0.25) is 0 Å². The first kappa shape index (κ1) is 18.8. The number of methoxy groups -OCH3 is 1. The number of likely N-dealkylation sites (tertiary alicyclic amines) is 1. The van der Waals surface area contributed by atoms with Crippen LogP contribution in [0.1, 0.15) is 34.9 Å². The number of hydrogen-bond donors (Lipinski definition) is 0. The maximum atomic E-state index is 13.2. The van der Waals surface area contributed by atoms with Gasteiger partial charge in [-0.2, -0.15) is 0 Å². The van der Waals surface area contributed by atoms with Crippen molar-refractivity contribution in [1.82, 2.24) is 14.5 Å². The fourth-order valence-corrected chi connectivity index (χ4v) is 4.20. The predicted molar refractivity (Wildman–Crippen MR) is 107 cm³/mol. The van der Waals surface area contributed by atoms with Gasteiger partial charge in [-0.25, -0.2) is 4.98 Å². The SMILES string of the molecule is COc1ccc(C(=O)N2CCCC(c3nccn3C)C2)cc1N1CCOCC1. The van der Waals surface area contributed by atoms with E-state index in [4.69, 9.17) is 9.47 Å². The molecule has 0 N–H and O–H groups in total. The summed E-state index contributed by atoms with van der Waals surface area (Å²) in [5.74, 6) is 2.22. The highest BCUT2D eigenvalue weighted by Gasteiger charge is 2.28. The Balaban J connectivity index is 1.54. The van der Waals surface area contributed by atoms with E-state index >= 15 is 0 Å². The lowest BCUT2D eigenvalue weighted by Gasteiger charge is -2.33. The zero-order valence-electron chi connectivity index (χ0n) is 16.6. The largest absolute Gasteiger partial charge is 0.495 e. The zero-order valence-corrected chi connectivity index (χ0v) is 16.6. The summed E-state index contributed by atoms with van der Waals surface area (Å²) >= 11 is 0. The number of imidazole rings is 1. The van der Waals surface area contributed by atoms with Crippen LogP contribution in [0.15, 0.2) is 30.6 Å². The molecule has 150 valence electrons. The van der Waals surface area contributed by atoms with Crippen molar-refractivity contribution in [3.63, 3.8) is 0 Å². The van der Waals surface area contributed by atoms with Crippen molar-refractivity contribution < 1.29 is 14.3 Å². The number of carbonyl (C=O) groups excluding carboxylic acids is 1. The first-order chi connectivity index (χ1) is 13.7. The minimum atomic E-state index is 0.0797. The fraction of sp³-hybridized carbons (Fsp3) is 0.524. The molecule has 0 aliphatic carbocycles. The van der Waals surface area contributed by atoms with Gasteiger partial charge in [-0.05, 0) is 31.0 Å². The van der Waals surface area contributed by atoms with Gasteiger partial charge >= 0.3 is 0 Å². The second-order valence-corrected chi connectivity index (χ2v) is 7.47. The number of benzene rings is 1. The maximum Gasteiger partial charge on any atom is 0.253 e. The second-order valence-electron chi connectivity index (χ2n) is 7.47. The van der Waals surface area contributed by atoms with E-state index in [1.807, 2.05) is 42.5 Å². The number of rotatable bonds is 4. The summed E-state index contributed by atoms with van der Waals surface area (Å²) in [7, 11) is 3.68. The van der Waals surface area contributed by atoms with E-state index in [0.717, 1.165) is 49.7 Å². The minimum absolute atomic E-state index is 0.0797. The van der Waals surface area contributed by atoms with E-state index in [1.165, 1.54) is 0 Å². The number of piperidine rings is 1. The molecule has 2 aromatic rings. The first-order valence-corrected chi connectivity index (χ1v) is 9.94. The van der Waals surface area contributed by atoms with Gasteiger partial charge < -0.3 is 23.8 Å². The third-order valence-electron chi connectivity index (χ3n) is 5.71. The van der Waals surface area contributed by atoms with Crippen LogP contribution in [0.4, 0.5) is 5.69 Å². The molecule has 1 amide bonds. The summed E-state index contributed by atoms with van der Waals surface area (Å²) in [5, 5.41) is 0. The average molecular weight is 384 g/mol. The van der Waals surface area contributed by atoms with E-state index in [-0.39, 0.29) is 11.8 Å². The third kappa shape index (κ3) is 3.71. The van der Waals surface area contributed by atoms with E-state index in [9.17, 15) is 4.79 Å². The van der Waals surface area contributed by atoms with Gasteiger partial charge in [0.15, 0.2) is 0 Å². The third-order valence-corrected chi connectivity index (χ3v) is 5.71. The summed E-state index contributed by atoms with van der Waals surface area (Å²) in [6.45, 7) is 4.50. The Bertz CT molecular complexity index is 829. The van der Waals surface area contributed by atoms with E-state index < -0.39 is 0 Å². The zero-order chi connectivity index (χ0) is 19.5. The molecule has 1 atom stereocenters. The monoisotopic (exact) mass is 384 g/mol. The Morgan fingerprint density at radius 1 is 1.25 bits per heavy atom. The van der Waals surface area contributed by atoms with Crippen molar-refractivity contribution in [2.75, 3.05) is 51.4 Å². The maximum absolute atomic E-state index is 13.2. The number of carbonyl (C=O) groups is 1. The van der Waals surface area contributed by atoms with Crippen LogP contribution in [0.25, 0.3) is 0 Å². The number of aromatic nitrogens is 2. The van der Waals surface area contributed by atoms with Gasteiger partial charge in [0.2, 0.25) is 0 Å². The summed E-state index contributed by atoms with van der Waals surface area (Å²) in [4.78, 5) is 21.9. The van der Waals surface area contributed by atoms with Crippen molar-refractivity contribution in [3.05, 3.63) is 42.0 Å². The van der Waals surface area contributed by atoms with Crippen LogP contribution in [0.5, 0.6) is 5.75 Å². The van der Waals surface area contributed by atoms with Crippen molar-refractivity contribution in [1.29, 1.82) is 0 Å². The lowest BCUT2D eigenvalue weighted by atomic mass is 9.96. The quantitative estimate of drug-likeness (QED) is 0.809. The molecular weight excluding hydrogens is 356 g/mol. The van der Waals surface area contributed by atoms with Gasteiger partial charge in [-0.3, -0.25) is 4.79 Å². The Morgan fingerprint density at radius 2 is 2.07 bits per heavy atom. The topological polar surface area (TPSA) is 59.8 Å². The van der Waals surface area contributed by atoms with Crippen LogP contribution < -0.4 is 9.64 Å². The fourth-order valence-electron chi connectivity index (χ4n) is 4.20. The molecule has 2 saturated heterocycles. The molecule has 0 spiro atoms. The minimum Gasteiger partial charge on any atom is -0.495 e. The highest BCUT2D eigenvalue weighted by atomic mass is 16.5. The smallest absolute Gasteiger partial charge is 0.253 e. The van der Waals surface area contributed by atoms with Gasteiger partial charge in [0.05, 0.1) is 26.0 Å². The van der Waals surface area contributed by atoms with Crippen LogP contribution in [-0.2, 0) is 11.8 Å². The highest BCUT2D eigenvalue weighted by Crippen LogP contribution is 2.32. The number of nitrogens with zero attached hydrogens (tertiary/aromatic N) is 4. The number of amides is 1. The summed E-state index contributed by atoms with van der Waals surface area (Å²) in [6, 6.07) is 5.74. The van der Waals surface area contributed by atoms with Crippen LogP contribution in [0, 0.1) is 0 Å². The van der Waals surface area contributed by atoms with Gasteiger partial charge in [-0.1, -0.05) is 0 Å². The van der Waals surface area contributed by atoms with E-state index in [1.54, 1.807) is 7.11 Å². The Labute approximate surface area is 165 Å². The standard InChI is InChI=1S/C21H28N4O3/c1-23-9-7-22-20(23)17-4-3-8-25(15-17)21(26)16-5-6-19(27-2)18(14-16)24-10-12-28-13-11-24/h5-7,9,14,17H,3-4,8,10-13,15H2,1-2H3. The van der Waals surface area contributed by atoms with E-state index in [0.29, 0.717) is 25.3 Å². The van der Waals surface area contributed by atoms with Crippen molar-refractivity contribution in [2.24, 2.45) is 7.05 Å². The number of ether oxygens (including phenoxy) is 2. The lowest BCUT2D eigenvalue weighted by molar-refractivity contribution is 0.0703. The molecule has 1 aromatic carbocycles. The molecule has 3 heterocycles. The predicted octanol–water partition coefficient (Wildman–Crippen LogP) is 2.29. The molecule has 7 nitrogen and oxygen atoms in total. The number of hydrogen-bond acceptors (Lipinski definition) is 5. The summed E-state index contributed by atoms with van der Waals surface area (Å²) < 4.78 is 13.1. The molecule has 7 heteroatoms. The Kier molecular flexibility index (Phi) is 5.52. The molecule has 2 aliphatic rings. The highest BCUT2D eigenvalue weighted by molar-refractivity contribution is 5.95. The summed E-state index contributed by atoms with van der Waals surface area (Å²) in [6.07, 6.45) is 5.86. The van der Waals surface area contributed by atoms with Crippen molar-refractivity contribution in [3.8, 4) is 5.75 Å². The molecular formula is C21H28N4O3. The number of anilines is 1. The molecule has 4 rings (SSSR count). The van der Waals surface area contributed by atoms with Gasteiger partial charge in [0.25, 0.3) is 5.91 Å². The van der Waals surface area contributed by atoms with Crippen LogP contribution in [0.3, 0.4) is 0 Å². The van der Waals surface area contributed by atoms with Gasteiger partial charge in [0.1, 0.15) is 11.6 Å². The molecule has 1 aromatic heterocycles. The normalized spacial score (nSPS) is 20.3. The van der Waals surface area contributed by atoms with Crippen LogP contribution >= 0.6 is 0 Å². The lowest BCUT2D eigenvalue weighted by Crippen LogP contribution is -2.40. The molecule has 0 radical (unpaired) electrons. The second kappa shape index (κ2) is 8.22.